The molecule has 4 bridgehead atoms. The summed E-state index contributed by atoms with van der Waals surface area (Å²) in [5.41, 5.74) is 12.3. The maximum absolute atomic E-state index is 9.32. The molecule has 0 unspecified atom stereocenters. The van der Waals surface area contributed by atoms with Crippen LogP contribution in [0.4, 0.5) is 0 Å². The minimum Gasteiger partial charge on any atom is -0.208 e. The smallest absolute Gasteiger partial charge is 0.164 e. The molecule has 0 aliphatic heterocycles. The highest BCUT2D eigenvalue weighted by molar-refractivity contribution is 6.05. The van der Waals surface area contributed by atoms with Crippen LogP contribution in [0.25, 0.3) is 78.3 Å². The second-order valence-corrected chi connectivity index (χ2v) is 17.0. The second-order valence-electron chi connectivity index (χ2n) is 17.0. The Morgan fingerprint density at radius 3 is 1.40 bits per heavy atom. The van der Waals surface area contributed by atoms with Crippen molar-refractivity contribution in [2.75, 3.05) is 0 Å². The Bertz CT molecular complexity index is 2820. The van der Waals surface area contributed by atoms with Gasteiger partial charge in [-0.05, 0) is 124 Å². The van der Waals surface area contributed by atoms with Crippen LogP contribution < -0.4 is 0 Å². The molecule has 4 nitrogen and oxygen atoms in total. The van der Waals surface area contributed by atoms with Crippen LogP contribution in [-0.4, -0.2) is 15.0 Å². The third-order valence-electron chi connectivity index (χ3n) is 13.4. The lowest BCUT2D eigenvalue weighted by Crippen LogP contribution is -2.48. The fourth-order valence-electron chi connectivity index (χ4n) is 11.1. The molecular formula is C54H42N4. The van der Waals surface area contributed by atoms with Gasteiger partial charge in [0.15, 0.2) is 17.5 Å². The first-order valence-corrected chi connectivity index (χ1v) is 20.7. The number of hydrogen-bond donors (Lipinski definition) is 0. The summed E-state index contributed by atoms with van der Waals surface area (Å²) in [7, 11) is 0. The number of benzene rings is 7. The monoisotopic (exact) mass is 746 g/mol. The Morgan fingerprint density at radius 2 is 0.828 bits per heavy atom. The van der Waals surface area contributed by atoms with Crippen LogP contribution in [0.5, 0.6) is 0 Å². The summed E-state index contributed by atoms with van der Waals surface area (Å²) in [5, 5.41) is 11.7. The van der Waals surface area contributed by atoms with Crippen LogP contribution in [0.1, 0.15) is 49.7 Å². The lowest BCUT2D eigenvalue weighted by molar-refractivity contribution is -0.00518. The zero-order valence-electron chi connectivity index (χ0n) is 32.4. The maximum atomic E-state index is 9.32. The minimum atomic E-state index is 0.374. The van der Waals surface area contributed by atoms with Crippen LogP contribution in [0.2, 0.25) is 0 Å². The molecule has 0 radical (unpaired) electrons. The molecule has 12 rings (SSSR count). The highest BCUT2D eigenvalue weighted by atomic mass is 15.0. The van der Waals surface area contributed by atoms with E-state index in [4.69, 9.17) is 15.0 Å². The Hall–Kier alpha value is -6.70. The molecule has 4 saturated carbocycles. The quantitative estimate of drug-likeness (QED) is 0.163. The molecule has 1 heterocycles. The van der Waals surface area contributed by atoms with E-state index in [1.165, 1.54) is 54.9 Å². The Morgan fingerprint density at radius 1 is 0.397 bits per heavy atom. The Labute approximate surface area is 340 Å². The van der Waals surface area contributed by atoms with Crippen molar-refractivity contribution < 1.29 is 0 Å². The highest BCUT2D eigenvalue weighted by Crippen LogP contribution is 2.60. The van der Waals surface area contributed by atoms with E-state index >= 15 is 0 Å². The third kappa shape index (κ3) is 6.10. The maximum Gasteiger partial charge on any atom is 0.164 e. The van der Waals surface area contributed by atoms with Crippen LogP contribution >= 0.6 is 0 Å². The number of aromatic nitrogens is 3. The van der Waals surface area contributed by atoms with Crippen LogP contribution in [0.15, 0.2) is 164 Å². The second kappa shape index (κ2) is 14.0. The van der Waals surface area contributed by atoms with Gasteiger partial charge in [0.25, 0.3) is 0 Å². The van der Waals surface area contributed by atoms with Crippen LogP contribution in [-0.2, 0) is 5.41 Å². The van der Waals surface area contributed by atoms with Gasteiger partial charge in [-0.2, -0.15) is 5.26 Å². The van der Waals surface area contributed by atoms with Gasteiger partial charge in [-0.15, -0.1) is 0 Å². The predicted molar refractivity (Wildman–Crippen MR) is 235 cm³/mol. The molecule has 4 fully saturated rings. The summed E-state index contributed by atoms with van der Waals surface area (Å²) in [4.78, 5) is 15.4. The van der Waals surface area contributed by atoms with E-state index in [1.54, 1.807) is 5.56 Å². The summed E-state index contributed by atoms with van der Waals surface area (Å²) < 4.78 is 0. The van der Waals surface area contributed by atoms with E-state index in [2.05, 4.69) is 127 Å². The van der Waals surface area contributed by atoms with Crippen molar-refractivity contribution in [3.8, 4) is 73.6 Å². The average molecular weight is 747 g/mol. The molecule has 4 aliphatic rings. The summed E-state index contributed by atoms with van der Waals surface area (Å²) in [6.45, 7) is 0. The van der Waals surface area contributed by atoms with Gasteiger partial charge in [0.1, 0.15) is 0 Å². The molecule has 278 valence electrons. The average Bonchev–Trinajstić information content (AvgIpc) is 3.28. The molecule has 4 heteroatoms. The fraction of sp³-hybridized carbons (Fsp3) is 0.185. The molecule has 0 spiro atoms. The van der Waals surface area contributed by atoms with E-state index in [0.29, 0.717) is 28.5 Å². The molecule has 0 saturated heterocycles. The molecule has 58 heavy (non-hydrogen) atoms. The van der Waals surface area contributed by atoms with Crippen molar-refractivity contribution >= 4 is 10.8 Å². The molecular weight excluding hydrogens is 705 g/mol. The molecule has 0 atom stereocenters. The van der Waals surface area contributed by atoms with Crippen molar-refractivity contribution in [1.82, 2.24) is 15.0 Å². The van der Waals surface area contributed by atoms with Gasteiger partial charge in [0, 0.05) is 16.7 Å². The molecule has 0 amide bonds. The van der Waals surface area contributed by atoms with Gasteiger partial charge in [0.05, 0.1) is 11.6 Å². The lowest BCUT2D eigenvalue weighted by Gasteiger charge is -2.57. The van der Waals surface area contributed by atoms with Gasteiger partial charge in [-0.25, -0.2) is 15.0 Å². The van der Waals surface area contributed by atoms with Gasteiger partial charge in [-0.3, -0.25) is 0 Å². The molecule has 7 aromatic carbocycles. The largest absolute Gasteiger partial charge is 0.208 e. The van der Waals surface area contributed by atoms with Gasteiger partial charge < -0.3 is 0 Å². The topological polar surface area (TPSA) is 62.5 Å². The SMILES string of the molecule is N#Cc1ccc(-c2ccc(-c3ccc(-c4nc(-c5ccccc5)nc(-c5ccccc5-c5ccc(C67C[C@H]8C[C@H](C6)C[C@@H](C7)C8)cc5)n4)cc3)c3ccccc23)cc1. The van der Waals surface area contributed by atoms with Crippen molar-refractivity contribution in [2.24, 2.45) is 17.8 Å². The number of rotatable bonds is 7. The number of fused-ring (bicyclic) bond motifs is 1. The van der Waals surface area contributed by atoms with Crippen molar-refractivity contribution in [2.45, 2.75) is 43.9 Å². The molecule has 1 aromatic heterocycles. The summed E-state index contributed by atoms with van der Waals surface area (Å²) in [6, 6.07) is 59.9. The van der Waals surface area contributed by atoms with Crippen molar-refractivity contribution in [3.63, 3.8) is 0 Å². The lowest BCUT2D eigenvalue weighted by atomic mass is 9.48. The van der Waals surface area contributed by atoms with Crippen molar-refractivity contribution in [1.29, 1.82) is 5.26 Å². The number of hydrogen-bond acceptors (Lipinski definition) is 4. The minimum absolute atomic E-state index is 0.374. The van der Waals surface area contributed by atoms with E-state index in [1.807, 2.05) is 42.5 Å². The zero-order valence-corrected chi connectivity index (χ0v) is 32.4. The van der Waals surface area contributed by atoms with Crippen LogP contribution in [0, 0.1) is 29.1 Å². The van der Waals surface area contributed by atoms with E-state index in [9.17, 15) is 5.26 Å². The fourth-order valence-corrected chi connectivity index (χ4v) is 11.1. The Kier molecular flexibility index (Phi) is 8.36. The van der Waals surface area contributed by atoms with Crippen molar-refractivity contribution in [3.05, 3.63) is 175 Å². The standard InChI is InChI=1S/C54H42N4/c55-34-35-14-16-39(17-15-35)46-26-27-47(49-12-6-5-11-48(46)49)40-18-20-43(21-19-40)52-56-51(42-8-2-1-3-9-42)57-53(58-52)50-13-7-4-10-45(50)41-22-24-44(25-23-41)54-31-36-28-37(32-54)30-38(29-36)33-54/h1-27,36-38H,28-33H2/t36-,37-,38-,54?. The molecule has 4 aliphatic carbocycles. The van der Waals surface area contributed by atoms with Gasteiger partial charge >= 0.3 is 0 Å². The first-order valence-electron chi connectivity index (χ1n) is 20.7. The van der Waals surface area contributed by atoms with Gasteiger partial charge in [-0.1, -0.05) is 152 Å². The van der Waals surface area contributed by atoms with Crippen LogP contribution in [0.3, 0.4) is 0 Å². The van der Waals surface area contributed by atoms with E-state index in [0.717, 1.165) is 62.3 Å². The van der Waals surface area contributed by atoms with Gasteiger partial charge in [0.2, 0.25) is 0 Å². The molecule has 0 N–H and O–H groups in total. The third-order valence-corrected chi connectivity index (χ3v) is 13.4. The van der Waals surface area contributed by atoms with E-state index < -0.39 is 0 Å². The summed E-state index contributed by atoms with van der Waals surface area (Å²) in [5.74, 6) is 4.73. The van der Waals surface area contributed by atoms with E-state index in [-0.39, 0.29) is 0 Å². The zero-order chi connectivity index (χ0) is 38.6. The first-order chi connectivity index (χ1) is 28.6. The number of nitrogens with zero attached hydrogens (tertiary/aromatic N) is 4. The first kappa shape index (κ1) is 34.5. The molecule has 8 aromatic rings. The Balaban J connectivity index is 0.954. The highest BCUT2D eigenvalue weighted by Gasteiger charge is 2.51. The number of nitriles is 1. The predicted octanol–water partition coefficient (Wildman–Crippen LogP) is 13.4. The summed E-state index contributed by atoms with van der Waals surface area (Å²) in [6.07, 6.45) is 8.49. The normalized spacial score (nSPS) is 20.6. The summed E-state index contributed by atoms with van der Waals surface area (Å²) >= 11 is 0.